The fourth-order valence-electron chi connectivity index (χ4n) is 2.49. The molecule has 140 valence electrons. The molecular formula is C19H21F3N2O2. The Morgan fingerprint density at radius 3 is 2.54 bits per heavy atom. The summed E-state index contributed by atoms with van der Waals surface area (Å²) in [6.07, 6.45) is -2.57. The van der Waals surface area contributed by atoms with Crippen molar-refractivity contribution in [3.63, 3.8) is 0 Å². The van der Waals surface area contributed by atoms with E-state index in [0.717, 1.165) is 17.7 Å². The highest BCUT2D eigenvalue weighted by Crippen LogP contribution is 2.30. The van der Waals surface area contributed by atoms with Gasteiger partial charge in [-0.1, -0.05) is 25.1 Å². The number of ether oxygens (including phenoxy) is 1. The second-order valence-electron chi connectivity index (χ2n) is 5.90. The van der Waals surface area contributed by atoms with Crippen LogP contribution < -0.4 is 10.1 Å². The molecule has 1 aromatic heterocycles. The summed E-state index contributed by atoms with van der Waals surface area (Å²) in [5.41, 5.74) is 0.757. The second kappa shape index (κ2) is 8.69. The van der Waals surface area contributed by atoms with E-state index < -0.39 is 11.7 Å². The third kappa shape index (κ3) is 5.47. The lowest BCUT2D eigenvalue weighted by Crippen LogP contribution is -2.24. The van der Waals surface area contributed by atoms with Gasteiger partial charge in [0.15, 0.2) is 0 Å². The average Bonchev–Trinajstić information content (AvgIpc) is 2.60. The van der Waals surface area contributed by atoms with Gasteiger partial charge in [-0.15, -0.1) is 0 Å². The van der Waals surface area contributed by atoms with Gasteiger partial charge in [-0.05, 0) is 36.6 Å². The highest BCUT2D eigenvalue weighted by Gasteiger charge is 2.30. The van der Waals surface area contributed by atoms with Crippen molar-refractivity contribution in [3.05, 3.63) is 59.3 Å². The van der Waals surface area contributed by atoms with Crippen molar-refractivity contribution in [2.45, 2.75) is 38.9 Å². The van der Waals surface area contributed by atoms with Crippen LogP contribution in [0.1, 0.15) is 42.9 Å². The van der Waals surface area contributed by atoms with Gasteiger partial charge in [0.05, 0.1) is 12.2 Å². The van der Waals surface area contributed by atoms with Crippen molar-refractivity contribution in [1.29, 1.82) is 0 Å². The van der Waals surface area contributed by atoms with Gasteiger partial charge >= 0.3 is 6.18 Å². The van der Waals surface area contributed by atoms with Gasteiger partial charge < -0.3 is 10.1 Å². The molecule has 0 aliphatic carbocycles. The Kier molecular flexibility index (Phi) is 6.60. The Bertz CT molecular complexity index is 730. The van der Waals surface area contributed by atoms with Crippen LogP contribution in [0.4, 0.5) is 13.2 Å². The number of benzene rings is 1. The molecule has 1 N–H and O–H groups in total. The van der Waals surface area contributed by atoms with Crippen molar-refractivity contribution in [2.24, 2.45) is 0 Å². The van der Waals surface area contributed by atoms with Gasteiger partial charge in [0.25, 0.3) is 0 Å². The Labute approximate surface area is 150 Å². The third-order valence-corrected chi connectivity index (χ3v) is 3.91. The van der Waals surface area contributed by atoms with Crippen LogP contribution in [0.25, 0.3) is 0 Å². The Balaban J connectivity index is 1.91. The van der Waals surface area contributed by atoms with E-state index in [1.807, 2.05) is 13.0 Å². The van der Waals surface area contributed by atoms with Gasteiger partial charge in [-0.2, -0.15) is 13.2 Å². The minimum absolute atomic E-state index is 0.176. The molecule has 1 aromatic carbocycles. The number of amides is 1. The van der Waals surface area contributed by atoms with E-state index in [1.54, 1.807) is 19.2 Å². The van der Waals surface area contributed by atoms with E-state index in [9.17, 15) is 18.0 Å². The number of hydrogen-bond acceptors (Lipinski definition) is 3. The minimum atomic E-state index is -4.36. The molecule has 1 heterocycles. The van der Waals surface area contributed by atoms with Crippen LogP contribution in [0.3, 0.4) is 0 Å². The number of nitrogens with zero attached hydrogens (tertiary/aromatic N) is 1. The predicted octanol–water partition coefficient (Wildman–Crippen LogP) is 4.31. The SMILES string of the molecule is CCOc1ncccc1CNC(=O)CC(C)c1ccc(C(F)(F)F)cc1. The van der Waals surface area contributed by atoms with E-state index >= 15 is 0 Å². The zero-order valence-electron chi connectivity index (χ0n) is 14.6. The minimum Gasteiger partial charge on any atom is -0.478 e. The van der Waals surface area contributed by atoms with E-state index in [1.165, 1.54) is 12.1 Å². The van der Waals surface area contributed by atoms with E-state index in [4.69, 9.17) is 4.74 Å². The topological polar surface area (TPSA) is 51.2 Å². The first-order valence-electron chi connectivity index (χ1n) is 8.31. The predicted molar refractivity (Wildman–Crippen MR) is 91.7 cm³/mol. The first-order valence-corrected chi connectivity index (χ1v) is 8.31. The summed E-state index contributed by atoms with van der Waals surface area (Å²) >= 11 is 0. The van der Waals surface area contributed by atoms with Crippen molar-refractivity contribution in [1.82, 2.24) is 10.3 Å². The summed E-state index contributed by atoms with van der Waals surface area (Å²) in [5.74, 6) is 0.0901. The maximum Gasteiger partial charge on any atom is 0.416 e. The first kappa shape index (κ1) is 19.8. The summed E-state index contributed by atoms with van der Waals surface area (Å²) in [5, 5.41) is 2.80. The van der Waals surface area contributed by atoms with Crippen molar-refractivity contribution >= 4 is 5.91 Å². The lowest BCUT2D eigenvalue weighted by atomic mass is 9.96. The molecule has 0 aliphatic heterocycles. The zero-order valence-corrected chi connectivity index (χ0v) is 14.6. The number of aromatic nitrogens is 1. The van der Waals surface area contributed by atoms with Gasteiger partial charge in [-0.25, -0.2) is 4.98 Å². The lowest BCUT2D eigenvalue weighted by molar-refractivity contribution is -0.137. The number of halogens is 3. The van der Waals surface area contributed by atoms with Crippen LogP contribution in [0.5, 0.6) is 5.88 Å². The Morgan fingerprint density at radius 2 is 1.92 bits per heavy atom. The van der Waals surface area contributed by atoms with Gasteiger partial charge in [0.2, 0.25) is 11.8 Å². The van der Waals surface area contributed by atoms with Crippen LogP contribution in [-0.2, 0) is 17.5 Å². The van der Waals surface area contributed by atoms with Crippen molar-refractivity contribution in [2.75, 3.05) is 6.61 Å². The van der Waals surface area contributed by atoms with Crippen molar-refractivity contribution < 1.29 is 22.7 Å². The Morgan fingerprint density at radius 1 is 1.23 bits per heavy atom. The van der Waals surface area contributed by atoms with Gasteiger partial charge in [-0.3, -0.25) is 4.79 Å². The monoisotopic (exact) mass is 366 g/mol. The summed E-state index contributed by atoms with van der Waals surface area (Å²) < 4.78 is 43.2. The van der Waals surface area contributed by atoms with Crippen LogP contribution >= 0.6 is 0 Å². The summed E-state index contributed by atoms with van der Waals surface area (Å²) in [4.78, 5) is 16.3. The molecular weight excluding hydrogens is 345 g/mol. The molecule has 0 saturated heterocycles. The summed E-state index contributed by atoms with van der Waals surface area (Å²) in [6, 6.07) is 8.47. The normalized spacial score (nSPS) is 12.5. The van der Waals surface area contributed by atoms with Crippen LogP contribution in [-0.4, -0.2) is 17.5 Å². The molecule has 0 saturated carbocycles. The molecule has 0 fully saturated rings. The van der Waals surface area contributed by atoms with Crippen LogP contribution in [0, 0.1) is 0 Å². The molecule has 1 unspecified atom stereocenters. The van der Waals surface area contributed by atoms with Gasteiger partial charge in [0.1, 0.15) is 0 Å². The number of alkyl halides is 3. The Hall–Kier alpha value is -2.57. The molecule has 26 heavy (non-hydrogen) atoms. The molecule has 0 radical (unpaired) electrons. The number of rotatable bonds is 7. The highest BCUT2D eigenvalue weighted by molar-refractivity contribution is 5.76. The summed E-state index contributed by atoms with van der Waals surface area (Å²) in [7, 11) is 0. The van der Waals surface area contributed by atoms with Crippen molar-refractivity contribution in [3.8, 4) is 5.88 Å². The smallest absolute Gasteiger partial charge is 0.416 e. The number of pyridine rings is 1. The quantitative estimate of drug-likeness (QED) is 0.794. The lowest BCUT2D eigenvalue weighted by Gasteiger charge is -2.14. The molecule has 1 atom stereocenters. The molecule has 0 spiro atoms. The fraction of sp³-hybridized carbons (Fsp3) is 0.368. The second-order valence-corrected chi connectivity index (χ2v) is 5.90. The molecule has 7 heteroatoms. The van der Waals surface area contributed by atoms with E-state index in [2.05, 4.69) is 10.3 Å². The number of hydrogen-bond donors (Lipinski definition) is 1. The molecule has 0 bridgehead atoms. The largest absolute Gasteiger partial charge is 0.478 e. The number of carbonyl (C=O) groups is 1. The third-order valence-electron chi connectivity index (χ3n) is 3.91. The van der Waals surface area contributed by atoms with E-state index in [0.29, 0.717) is 18.1 Å². The van der Waals surface area contributed by atoms with Gasteiger partial charge in [0, 0.05) is 24.7 Å². The molecule has 2 rings (SSSR count). The first-order chi connectivity index (χ1) is 12.3. The molecule has 0 aliphatic rings. The molecule has 4 nitrogen and oxygen atoms in total. The van der Waals surface area contributed by atoms with Crippen LogP contribution in [0.2, 0.25) is 0 Å². The van der Waals surface area contributed by atoms with Crippen LogP contribution in [0.15, 0.2) is 42.6 Å². The maximum atomic E-state index is 12.6. The average molecular weight is 366 g/mol. The standard InChI is InChI=1S/C19H21F3N2O2/c1-3-26-18-15(5-4-10-23-18)12-24-17(25)11-13(2)14-6-8-16(9-7-14)19(20,21)22/h4-10,13H,3,11-12H2,1-2H3,(H,24,25). The molecule has 2 aromatic rings. The molecule has 1 amide bonds. The van der Waals surface area contributed by atoms with E-state index in [-0.39, 0.29) is 24.8 Å². The fourth-order valence-corrected chi connectivity index (χ4v) is 2.49. The highest BCUT2D eigenvalue weighted by atomic mass is 19.4. The number of nitrogens with one attached hydrogen (secondary N) is 1. The summed E-state index contributed by atoms with van der Waals surface area (Å²) in [6.45, 7) is 4.41. The maximum absolute atomic E-state index is 12.6. The number of carbonyl (C=O) groups excluding carboxylic acids is 1. The zero-order chi connectivity index (χ0) is 19.2.